The van der Waals surface area contributed by atoms with Gasteiger partial charge in [0.2, 0.25) is 0 Å². The van der Waals surface area contributed by atoms with Crippen LogP contribution in [0.25, 0.3) is 0 Å². The molecular weight excluding hydrogens is 400 g/mol. The third-order valence-electron chi connectivity index (χ3n) is 10.7. The molecule has 6 rings (SSSR count). The average molecular weight is 435 g/mol. The molecule has 5 heteroatoms. The molecule has 3 N–H and O–H groups in total. The van der Waals surface area contributed by atoms with E-state index in [0.29, 0.717) is 23.3 Å². The number of rotatable bonds is 2. The maximum absolute atomic E-state index is 13.1. The van der Waals surface area contributed by atoms with Crippen LogP contribution in [0.4, 0.5) is 0 Å². The van der Waals surface area contributed by atoms with Crippen molar-refractivity contribution >= 4 is 11.8 Å². The molecule has 5 aliphatic rings. The van der Waals surface area contributed by atoms with E-state index >= 15 is 0 Å². The summed E-state index contributed by atoms with van der Waals surface area (Å²) in [6.45, 7) is 4.71. The highest BCUT2D eigenvalue weighted by atomic mass is 16.3. The Morgan fingerprint density at radius 1 is 1.00 bits per heavy atom. The zero-order valence-corrected chi connectivity index (χ0v) is 19.1. The fraction of sp³-hybridized carbons (Fsp3) is 0.630. The Kier molecular flexibility index (Phi) is 4.28. The van der Waals surface area contributed by atoms with Gasteiger partial charge in [-0.2, -0.15) is 0 Å². The van der Waals surface area contributed by atoms with Gasteiger partial charge in [-0.1, -0.05) is 38.1 Å². The van der Waals surface area contributed by atoms with Crippen LogP contribution >= 0.6 is 0 Å². The van der Waals surface area contributed by atoms with Gasteiger partial charge in [0.25, 0.3) is 11.8 Å². The second-order valence-electron chi connectivity index (χ2n) is 11.6. The normalized spacial score (nSPS) is 45.6. The summed E-state index contributed by atoms with van der Waals surface area (Å²) in [5.74, 6) is 1.77. The van der Waals surface area contributed by atoms with E-state index in [9.17, 15) is 14.7 Å². The van der Waals surface area contributed by atoms with Crippen molar-refractivity contribution in [1.29, 1.82) is 0 Å². The molecule has 8 atom stereocenters. The lowest BCUT2D eigenvalue weighted by atomic mass is 9.45. The molecule has 4 saturated carbocycles. The summed E-state index contributed by atoms with van der Waals surface area (Å²) in [4.78, 5) is 25.5. The molecule has 2 amide bonds. The Bertz CT molecular complexity index is 1010. The van der Waals surface area contributed by atoms with Crippen LogP contribution in [0.2, 0.25) is 0 Å². The predicted octanol–water partition coefficient (Wildman–Crippen LogP) is 4.00. The minimum absolute atomic E-state index is 0.188. The molecule has 0 bridgehead atoms. The highest BCUT2D eigenvalue weighted by molar-refractivity contribution is 5.99. The number of amides is 2. The Labute approximate surface area is 190 Å². The van der Waals surface area contributed by atoms with Gasteiger partial charge in [-0.3, -0.25) is 20.4 Å². The molecule has 1 spiro atoms. The molecule has 1 aromatic rings. The van der Waals surface area contributed by atoms with Crippen molar-refractivity contribution < 1.29 is 14.7 Å². The molecule has 0 aromatic heterocycles. The van der Waals surface area contributed by atoms with Crippen molar-refractivity contribution in [2.75, 3.05) is 0 Å². The van der Waals surface area contributed by atoms with E-state index < -0.39 is 0 Å². The number of fused-ring (bicyclic) bond motifs is 4. The number of hydrogen-bond donors (Lipinski definition) is 3. The maximum Gasteiger partial charge on any atom is 0.269 e. The lowest BCUT2D eigenvalue weighted by Gasteiger charge is -2.59. The van der Waals surface area contributed by atoms with Crippen molar-refractivity contribution in [3.63, 3.8) is 0 Å². The first-order valence-electron chi connectivity index (χ1n) is 12.4. The summed E-state index contributed by atoms with van der Waals surface area (Å²) < 4.78 is 0. The lowest BCUT2D eigenvalue weighted by Crippen LogP contribution is -2.56. The first-order chi connectivity index (χ1) is 15.3. The Hall–Kier alpha value is -2.14. The molecule has 170 valence electrons. The third kappa shape index (κ3) is 2.49. The molecule has 1 aromatic carbocycles. The number of carbonyl (C=O) groups excluding carboxylic acids is 2. The predicted molar refractivity (Wildman–Crippen MR) is 121 cm³/mol. The lowest BCUT2D eigenvalue weighted by molar-refractivity contribution is -0.144. The number of hydrazine groups is 1. The highest BCUT2D eigenvalue weighted by Gasteiger charge is 2.77. The van der Waals surface area contributed by atoms with E-state index in [2.05, 4.69) is 30.8 Å². The van der Waals surface area contributed by atoms with E-state index in [1.807, 2.05) is 6.07 Å². The summed E-state index contributed by atoms with van der Waals surface area (Å²) in [7, 11) is 0. The van der Waals surface area contributed by atoms with Gasteiger partial charge in [0, 0.05) is 22.0 Å². The fourth-order valence-electron chi connectivity index (χ4n) is 9.07. The number of aliphatic hydroxyl groups excluding tert-OH is 1. The van der Waals surface area contributed by atoms with Crippen LogP contribution in [0.15, 0.2) is 42.0 Å². The second-order valence-corrected chi connectivity index (χ2v) is 11.6. The fourth-order valence-corrected chi connectivity index (χ4v) is 9.07. The number of nitrogens with one attached hydrogen (secondary N) is 2. The monoisotopic (exact) mass is 434 g/mol. The molecule has 4 fully saturated rings. The van der Waals surface area contributed by atoms with Crippen molar-refractivity contribution in [3.8, 4) is 0 Å². The number of hydrogen-bond acceptors (Lipinski definition) is 3. The SMILES string of the molecule is C[C@]12CC[C@H]3[C@@H](C[C@@H](O)[C@]45C[C@H]4CC[C@]35C)[C@@H]1CC=C2C(=O)NNC(=O)c1ccccc1. The van der Waals surface area contributed by atoms with Gasteiger partial charge in [0.15, 0.2) is 0 Å². The van der Waals surface area contributed by atoms with E-state index in [-0.39, 0.29) is 34.2 Å². The average Bonchev–Trinajstić information content (AvgIpc) is 3.32. The topological polar surface area (TPSA) is 78.4 Å². The van der Waals surface area contributed by atoms with E-state index in [0.717, 1.165) is 37.2 Å². The van der Waals surface area contributed by atoms with Crippen LogP contribution in [-0.4, -0.2) is 23.0 Å². The molecule has 0 saturated heterocycles. The standard InChI is InChI=1S/C27H34N2O3/c1-25-12-11-20-18(14-22(30)27-15-17(27)10-13-26(20,27)2)19(25)8-9-21(25)24(32)29-28-23(31)16-6-4-3-5-7-16/h3-7,9,17-20,22,30H,8,10-15H2,1-2H3,(H,28,31)(H,29,32)/t17-,18+,19+,20+,22-,25+,26-,27+/m1/s1. The first kappa shape index (κ1) is 20.5. The highest BCUT2D eigenvalue weighted by Crippen LogP contribution is 2.81. The van der Waals surface area contributed by atoms with Crippen molar-refractivity contribution in [2.24, 2.45) is 39.9 Å². The van der Waals surface area contributed by atoms with E-state index in [1.165, 1.54) is 19.3 Å². The van der Waals surface area contributed by atoms with Gasteiger partial charge in [-0.25, -0.2) is 0 Å². The summed E-state index contributed by atoms with van der Waals surface area (Å²) in [6.07, 6.45) is 9.61. The van der Waals surface area contributed by atoms with Gasteiger partial charge in [-0.15, -0.1) is 0 Å². The summed E-state index contributed by atoms with van der Waals surface area (Å²) in [6, 6.07) is 8.92. The zero-order valence-electron chi connectivity index (χ0n) is 19.1. The van der Waals surface area contributed by atoms with Crippen LogP contribution < -0.4 is 10.9 Å². The molecule has 5 aliphatic carbocycles. The Morgan fingerprint density at radius 2 is 1.75 bits per heavy atom. The minimum atomic E-state index is -0.309. The van der Waals surface area contributed by atoms with E-state index in [4.69, 9.17) is 0 Å². The van der Waals surface area contributed by atoms with Crippen LogP contribution in [-0.2, 0) is 4.79 Å². The van der Waals surface area contributed by atoms with Crippen LogP contribution in [0.5, 0.6) is 0 Å². The number of allylic oxidation sites excluding steroid dienone is 1. The number of aliphatic hydroxyl groups is 1. The van der Waals surface area contributed by atoms with Crippen molar-refractivity contribution in [2.45, 2.75) is 64.9 Å². The largest absolute Gasteiger partial charge is 0.393 e. The molecule has 0 aliphatic heterocycles. The van der Waals surface area contributed by atoms with Gasteiger partial charge in [0.1, 0.15) is 0 Å². The van der Waals surface area contributed by atoms with Gasteiger partial charge in [-0.05, 0) is 86.2 Å². The van der Waals surface area contributed by atoms with Gasteiger partial charge >= 0.3 is 0 Å². The minimum Gasteiger partial charge on any atom is -0.393 e. The van der Waals surface area contributed by atoms with Crippen molar-refractivity contribution in [3.05, 3.63) is 47.5 Å². The van der Waals surface area contributed by atoms with Gasteiger partial charge < -0.3 is 5.11 Å². The molecule has 32 heavy (non-hydrogen) atoms. The van der Waals surface area contributed by atoms with Gasteiger partial charge in [0.05, 0.1) is 6.10 Å². The molecule has 5 nitrogen and oxygen atoms in total. The summed E-state index contributed by atoms with van der Waals surface area (Å²) >= 11 is 0. The first-order valence-corrected chi connectivity index (χ1v) is 12.4. The molecule has 0 heterocycles. The molecule has 0 unspecified atom stereocenters. The summed E-state index contributed by atoms with van der Waals surface area (Å²) in [5.41, 5.74) is 6.83. The van der Waals surface area contributed by atoms with Crippen LogP contribution in [0, 0.1) is 39.9 Å². The Morgan fingerprint density at radius 3 is 2.50 bits per heavy atom. The van der Waals surface area contributed by atoms with Crippen molar-refractivity contribution in [1.82, 2.24) is 10.9 Å². The van der Waals surface area contributed by atoms with E-state index in [1.54, 1.807) is 24.3 Å². The smallest absolute Gasteiger partial charge is 0.269 e. The maximum atomic E-state index is 13.1. The molecular formula is C27H34N2O3. The quantitative estimate of drug-likeness (QED) is 0.616. The zero-order chi connectivity index (χ0) is 22.3. The number of benzene rings is 1. The Balaban J connectivity index is 1.18. The van der Waals surface area contributed by atoms with Crippen LogP contribution in [0.1, 0.15) is 69.2 Å². The van der Waals surface area contributed by atoms with Crippen LogP contribution in [0.3, 0.4) is 0 Å². The second kappa shape index (κ2) is 6.69. The molecule has 0 radical (unpaired) electrons. The number of carbonyl (C=O) groups is 2. The summed E-state index contributed by atoms with van der Waals surface area (Å²) in [5, 5.41) is 11.3. The third-order valence-corrected chi connectivity index (χ3v) is 10.7.